The smallest absolute Gasteiger partial charge is 0.0537 e. The van der Waals surface area contributed by atoms with Gasteiger partial charge in [-0.25, -0.2) is 0 Å². The van der Waals surface area contributed by atoms with Crippen molar-refractivity contribution < 1.29 is 0 Å². The van der Waals surface area contributed by atoms with Crippen molar-refractivity contribution in [1.29, 1.82) is 0 Å². The Balaban J connectivity index is 1.31. The van der Waals surface area contributed by atoms with Crippen molar-refractivity contribution in [3.63, 3.8) is 0 Å². The number of benzene rings is 5. The van der Waals surface area contributed by atoms with Crippen molar-refractivity contribution in [2.45, 2.75) is 19.3 Å². The molecule has 0 saturated heterocycles. The number of hydrogen-bond donors (Lipinski definition) is 0. The molecule has 2 heteroatoms. The highest BCUT2D eigenvalue weighted by Gasteiger charge is 2.23. The van der Waals surface area contributed by atoms with Crippen LogP contribution in [0.1, 0.15) is 36.0 Å². The number of allylic oxidation sites excluding steroid dienone is 17. The van der Waals surface area contributed by atoms with Crippen LogP contribution >= 0.6 is 0 Å². The Hall–Kier alpha value is -6.90. The van der Waals surface area contributed by atoms with E-state index in [0.29, 0.717) is 0 Å². The highest BCUT2D eigenvalue weighted by molar-refractivity contribution is 5.92. The van der Waals surface area contributed by atoms with E-state index in [4.69, 9.17) is 0 Å². The summed E-state index contributed by atoms with van der Waals surface area (Å²) >= 11 is 0. The van der Waals surface area contributed by atoms with E-state index in [-0.39, 0.29) is 5.92 Å². The molecule has 5 aromatic rings. The summed E-state index contributed by atoms with van der Waals surface area (Å²) in [6.07, 6.45) is 33.7. The molecule has 1 aliphatic heterocycles. The lowest BCUT2D eigenvalue weighted by Gasteiger charge is -2.32. The number of anilines is 3. The topological polar surface area (TPSA) is 6.48 Å². The van der Waals surface area contributed by atoms with Gasteiger partial charge in [-0.3, -0.25) is 0 Å². The number of rotatable bonds is 9. The minimum atomic E-state index is 0.238. The standard InChI is InChI=1S/C54H46N2/c1-4-21-54-52(51-31-19-20-33-53(51)55(3)49-36-45(41-25-11-7-12-26-41)34-46(37-49)44-29-16-17-30-44)32-18-15-22-40(2)56(54)50-38-47(42-23-9-5-6-10-24-42)35-48(39-50)43-27-13-8-14-28-43/h4-5,7-39,44H,2,6H2,1,3H3/b21-4-,22-15-,32-18-,54-52+. The van der Waals surface area contributed by atoms with Gasteiger partial charge in [-0.2, -0.15) is 0 Å². The predicted octanol–water partition coefficient (Wildman–Crippen LogP) is 14.3. The molecule has 2 nitrogen and oxygen atoms in total. The van der Waals surface area contributed by atoms with Gasteiger partial charge in [0.05, 0.1) is 5.70 Å². The molecule has 2 aliphatic carbocycles. The molecular formula is C54H46N2. The van der Waals surface area contributed by atoms with Crippen LogP contribution in [0.5, 0.6) is 0 Å². The number of hydrogen-bond acceptors (Lipinski definition) is 2. The number of para-hydroxylation sites is 1. The normalized spacial score (nSPS) is 17.9. The van der Waals surface area contributed by atoms with E-state index >= 15 is 0 Å². The van der Waals surface area contributed by atoms with E-state index in [2.05, 4.69) is 243 Å². The Morgan fingerprint density at radius 3 is 2.07 bits per heavy atom. The van der Waals surface area contributed by atoms with Gasteiger partial charge in [0.15, 0.2) is 0 Å². The fourth-order valence-electron chi connectivity index (χ4n) is 7.69. The van der Waals surface area contributed by atoms with Crippen LogP contribution in [0.2, 0.25) is 0 Å². The second-order valence-corrected chi connectivity index (χ2v) is 14.2. The molecule has 0 unspecified atom stereocenters. The lowest BCUT2D eigenvalue weighted by molar-refractivity contribution is 1.09. The molecule has 3 aliphatic rings. The van der Waals surface area contributed by atoms with Gasteiger partial charge in [-0.05, 0) is 101 Å². The molecule has 0 amide bonds. The molecule has 0 aromatic heterocycles. The monoisotopic (exact) mass is 722 g/mol. The van der Waals surface area contributed by atoms with Crippen molar-refractivity contribution in [2.75, 3.05) is 16.8 Å². The summed E-state index contributed by atoms with van der Waals surface area (Å²) in [4.78, 5) is 4.65. The summed E-state index contributed by atoms with van der Waals surface area (Å²) in [6, 6.07) is 44.0. The molecule has 272 valence electrons. The van der Waals surface area contributed by atoms with E-state index < -0.39 is 0 Å². The third kappa shape index (κ3) is 7.69. The Morgan fingerprint density at radius 2 is 1.32 bits per heavy atom. The average molecular weight is 723 g/mol. The number of nitrogens with zero attached hydrogens (tertiary/aromatic N) is 2. The molecule has 56 heavy (non-hydrogen) atoms. The van der Waals surface area contributed by atoms with E-state index in [9.17, 15) is 0 Å². The van der Waals surface area contributed by atoms with E-state index in [1.54, 1.807) is 0 Å². The summed E-state index contributed by atoms with van der Waals surface area (Å²) in [5.74, 6) is 0.238. The van der Waals surface area contributed by atoms with Gasteiger partial charge in [0.2, 0.25) is 0 Å². The second-order valence-electron chi connectivity index (χ2n) is 14.2. The average Bonchev–Trinajstić information content (AvgIpc) is 3.65. The molecule has 5 aromatic carbocycles. The van der Waals surface area contributed by atoms with Gasteiger partial charge in [0.25, 0.3) is 0 Å². The first kappa shape index (κ1) is 36.1. The Labute approximate surface area is 332 Å². The molecule has 0 atom stereocenters. The van der Waals surface area contributed by atoms with Crippen LogP contribution < -0.4 is 9.80 Å². The van der Waals surface area contributed by atoms with Crippen LogP contribution in [-0.2, 0) is 0 Å². The van der Waals surface area contributed by atoms with Crippen molar-refractivity contribution in [2.24, 2.45) is 0 Å². The first-order chi connectivity index (χ1) is 27.6. The highest BCUT2D eigenvalue weighted by atomic mass is 15.2. The summed E-state index contributed by atoms with van der Waals surface area (Å²) in [5.41, 5.74) is 15.7. The largest absolute Gasteiger partial charge is 0.344 e. The third-order valence-electron chi connectivity index (χ3n) is 10.5. The molecule has 8 rings (SSSR count). The SMILES string of the molecule is C=C1\C=C/C=C\C(c2ccccc2N(C)c2cc(-c3ccccc3)cc(C3C=CC=C3)c2)=C(\C=C/C)N1c1cc(C2=CC=CCC=C2)cc(-c2ccccc2)c1. The maximum Gasteiger partial charge on any atom is 0.0537 e. The summed E-state index contributed by atoms with van der Waals surface area (Å²) in [5, 5.41) is 0. The molecule has 0 N–H and O–H groups in total. The van der Waals surface area contributed by atoms with Crippen molar-refractivity contribution >= 4 is 28.2 Å². The molecule has 0 radical (unpaired) electrons. The van der Waals surface area contributed by atoms with Crippen LogP contribution in [0.25, 0.3) is 33.4 Å². The zero-order chi connectivity index (χ0) is 38.3. The van der Waals surface area contributed by atoms with Crippen LogP contribution in [0.4, 0.5) is 17.1 Å². The molecule has 0 bridgehead atoms. The third-order valence-corrected chi connectivity index (χ3v) is 10.5. The maximum atomic E-state index is 4.66. The molecular weight excluding hydrogens is 677 g/mol. The van der Waals surface area contributed by atoms with E-state index in [1.807, 2.05) is 0 Å². The van der Waals surface area contributed by atoms with Crippen molar-refractivity contribution in [3.8, 4) is 22.3 Å². The first-order valence-electron chi connectivity index (χ1n) is 19.4. The summed E-state index contributed by atoms with van der Waals surface area (Å²) < 4.78 is 0. The van der Waals surface area contributed by atoms with Crippen LogP contribution in [0, 0.1) is 0 Å². The highest BCUT2D eigenvalue weighted by Crippen LogP contribution is 2.42. The lowest BCUT2D eigenvalue weighted by atomic mass is 9.93. The van der Waals surface area contributed by atoms with Crippen molar-refractivity contribution in [3.05, 3.63) is 247 Å². The molecule has 0 fully saturated rings. The molecule has 1 heterocycles. The quantitative estimate of drug-likeness (QED) is 0.149. The van der Waals surface area contributed by atoms with Crippen LogP contribution in [-0.4, -0.2) is 7.05 Å². The Bertz CT molecular complexity index is 2520. The van der Waals surface area contributed by atoms with Gasteiger partial charge in [-0.1, -0.05) is 170 Å². The van der Waals surface area contributed by atoms with Gasteiger partial charge in [0.1, 0.15) is 0 Å². The van der Waals surface area contributed by atoms with Gasteiger partial charge >= 0.3 is 0 Å². The fourth-order valence-corrected chi connectivity index (χ4v) is 7.69. The van der Waals surface area contributed by atoms with Crippen LogP contribution in [0.3, 0.4) is 0 Å². The second kappa shape index (κ2) is 16.6. The van der Waals surface area contributed by atoms with E-state index in [1.165, 1.54) is 27.8 Å². The Morgan fingerprint density at radius 1 is 0.643 bits per heavy atom. The summed E-state index contributed by atoms with van der Waals surface area (Å²) in [7, 11) is 2.18. The minimum absolute atomic E-state index is 0.238. The zero-order valence-corrected chi connectivity index (χ0v) is 32.1. The molecule has 0 spiro atoms. The van der Waals surface area contributed by atoms with Gasteiger partial charge in [-0.15, -0.1) is 0 Å². The van der Waals surface area contributed by atoms with E-state index in [0.717, 1.165) is 57.1 Å². The Kier molecular flexibility index (Phi) is 10.7. The maximum absolute atomic E-state index is 4.66. The first-order valence-corrected chi connectivity index (χ1v) is 19.4. The van der Waals surface area contributed by atoms with Crippen molar-refractivity contribution in [1.82, 2.24) is 0 Å². The summed E-state index contributed by atoms with van der Waals surface area (Å²) in [6.45, 7) is 6.75. The van der Waals surface area contributed by atoms with Crippen LogP contribution in [0.15, 0.2) is 230 Å². The van der Waals surface area contributed by atoms with Gasteiger partial charge < -0.3 is 9.80 Å². The lowest BCUT2D eigenvalue weighted by Crippen LogP contribution is -2.22. The predicted molar refractivity (Wildman–Crippen MR) is 242 cm³/mol. The van der Waals surface area contributed by atoms with Gasteiger partial charge in [0, 0.05) is 46.9 Å². The minimum Gasteiger partial charge on any atom is -0.344 e. The zero-order valence-electron chi connectivity index (χ0n) is 32.1. The fraction of sp³-hybridized carbons (Fsp3) is 0.0741. The molecule has 0 saturated carbocycles.